The first-order valence-corrected chi connectivity index (χ1v) is 12.3. The lowest BCUT2D eigenvalue weighted by atomic mass is 9.78. The van der Waals surface area contributed by atoms with Crippen molar-refractivity contribution < 1.29 is 9.30 Å². The molecule has 0 N–H and O–H groups in total. The van der Waals surface area contributed by atoms with Crippen LogP contribution in [0.15, 0.2) is 60.8 Å². The largest absolute Gasteiger partial charge is 0.455 e. The van der Waals surface area contributed by atoms with Gasteiger partial charge in [0.05, 0.1) is 10.9 Å². The lowest BCUT2D eigenvalue weighted by Crippen LogP contribution is -2.32. The van der Waals surface area contributed by atoms with Gasteiger partial charge in [-0.2, -0.15) is 0 Å². The fraction of sp³-hybridized carbons (Fsp3) is 0.281. The molecule has 0 aliphatic carbocycles. The number of pyridine rings is 1. The first-order chi connectivity index (χ1) is 16.2. The van der Waals surface area contributed by atoms with Crippen LogP contribution < -0.4 is 9.30 Å². The van der Waals surface area contributed by atoms with E-state index in [-0.39, 0.29) is 5.41 Å². The van der Waals surface area contributed by atoms with Crippen molar-refractivity contribution in [2.75, 3.05) is 0 Å². The van der Waals surface area contributed by atoms with Crippen molar-refractivity contribution in [2.45, 2.75) is 52.9 Å². The number of hydrogen-bond donors (Lipinski definition) is 0. The molecular weight excluding hydrogens is 414 g/mol. The number of benzene rings is 4. The van der Waals surface area contributed by atoms with E-state index in [2.05, 4.69) is 114 Å². The lowest BCUT2D eigenvalue weighted by molar-refractivity contribution is -0.659. The molecule has 0 saturated heterocycles. The SMILES string of the molecule is Cc1c2c(c(C(C)(C)C)c3ccccc13)Oc1cc3cc(C(C)C)ccc3c3cc[n+](C)c-2c13. The maximum absolute atomic E-state index is 6.95. The first kappa shape index (κ1) is 21.2. The number of fused-ring (bicyclic) bond motifs is 5. The van der Waals surface area contributed by atoms with Gasteiger partial charge < -0.3 is 4.74 Å². The predicted octanol–water partition coefficient (Wildman–Crippen LogP) is 8.47. The van der Waals surface area contributed by atoms with Gasteiger partial charge in [0.25, 0.3) is 0 Å². The molecule has 0 unspecified atom stereocenters. The number of ether oxygens (including phenoxy) is 1. The molecule has 0 saturated carbocycles. The molecular formula is C32H32NO+. The van der Waals surface area contributed by atoms with E-state index in [0.29, 0.717) is 5.92 Å². The number of nitrogens with zero attached hydrogens (tertiary/aromatic N) is 1. The highest BCUT2D eigenvalue weighted by Crippen LogP contribution is 2.54. The van der Waals surface area contributed by atoms with Crippen molar-refractivity contribution in [2.24, 2.45) is 7.05 Å². The second-order valence-corrected chi connectivity index (χ2v) is 11.2. The fourth-order valence-corrected chi connectivity index (χ4v) is 5.84. The average molecular weight is 447 g/mol. The van der Waals surface area contributed by atoms with E-state index >= 15 is 0 Å². The van der Waals surface area contributed by atoms with E-state index in [1.807, 2.05) is 0 Å². The van der Waals surface area contributed by atoms with Crippen LogP contribution >= 0.6 is 0 Å². The van der Waals surface area contributed by atoms with E-state index in [1.165, 1.54) is 60.3 Å². The number of aromatic nitrogens is 1. The van der Waals surface area contributed by atoms with Gasteiger partial charge in [-0.15, -0.1) is 0 Å². The third-order valence-corrected chi connectivity index (χ3v) is 7.52. The summed E-state index contributed by atoms with van der Waals surface area (Å²) in [6.07, 6.45) is 2.21. The third-order valence-electron chi connectivity index (χ3n) is 7.52. The summed E-state index contributed by atoms with van der Waals surface area (Å²) < 4.78 is 9.22. The molecule has 1 aliphatic rings. The number of aryl methyl sites for hydroxylation is 2. The highest BCUT2D eigenvalue weighted by Gasteiger charge is 2.36. The van der Waals surface area contributed by atoms with Crippen LogP contribution in [-0.2, 0) is 12.5 Å². The van der Waals surface area contributed by atoms with Crippen LogP contribution in [-0.4, -0.2) is 0 Å². The van der Waals surface area contributed by atoms with Crippen LogP contribution in [0.3, 0.4) is 0 Å². The number of hydrogen-bond acceptors (Lipinski definition) is 1. The third kappa shape index (κ3) is 2.84. The zero-order valence-electron chi connectivity index (χ0n) is 21.2. The molecule has 0 atom stereocenters. The van der Waals surface area contributed by atoms with Crippen molar-refractivity contribution in [1.82, 2.24) is 0 Å². The summed E-state index contributed by atoms with van der Waals surface area (Å²) >= 11 is 0. The molecule has 0 fully saturated rings. The molecule has 5 aromatic rings. The molecule has 0 amide bonds. The second-order valence-electron chi connectivity index (χ2n) is 11.2. The predicted molar refractivity (Wildman–Crippen MR) is 143 cm³/mol. The van der Waals surface area contributed by atoms with Crippen molar-refractivity contribution >= 4 is 32.3 Å². The van der Waals surface area contributed by atoms with Crippen LogP contribution in [0.1, 0.15) is 57.2 Å². The Hall–Kier alpha value is -3.39. The van der Waals surface area contributed by atoms with Gasteiger partial charge in [-0.1, -0.05) is 77.1 Å². The minimum absolute atomic E-state index is 0.0665. The summed E-state index contributed by atoms with van der Waals surface area (Å²) in [6.45, 7) is 13.6. The van der Waals surface area contributed by atoms with Gasteiger partial charge in [0.15, 0.2) is 6.20 Å². The van der Waals surface area contributed by atoms with Gasteiger partial charge >= 0.3 is 0 Å². The number of rotatable bonds is 1. The Morgan fingerprint density at radius 3 is 2.29 bits per heavy atom. The summed E-state index contributed by atoms with van der Waals surface area (Å²) in [5, 5.41) is 7.58. The summed E-state index contributed by atoms with van der Waals surface area (Å²) in [4.78, 5) is 0. The molecule has 1 aliphatic heterocycles. The van der Waals surface area contributed by atoms with Crippen molar-refractivity contribution in [3.63, 3.8) is 0 Å². The van der Waals surface area contributed by atoms with Gasteiger partial charge in [0.1, 0.15) is 18.5 Å². The normalized spacial score (nSPS) is 13.1. The molecule has 0 spiro atoms. The molecule has 1 aromatic heterocycles. The monoisotopic (exact) mass is 446 g/mol. The Kier molecular flexibility index (Phi) is 4.39. The van der Waals surface area contributed by atoms with E-state index in [9.17, 15) is 0 Å². The minimum Gasteiger partial charge on any atom is -0.455 e. The van der Waals surface area contributed by atoms with Gasteiger partial charge in [-0.05, 0) is 57.0 Å². The topological polar surface area (TPSA) is 13.1 Å². The molecule has 4 aromatic carbocycles. The van der Waals surface area contributed by atoms with Crippen molar-refractivity contribution in [3.05, 3.63) is 77.5 Å². The molecule has 34 heavy (non-hydrogen) atoms. The standard InChI is InChI=1S/C32H32NO/c1-18(2)20-12-13-23-21(16-20)17-26-28-24(23)14-15-33(7)30(28)27-19(3)22-10-8-9-11-25(22)29(31(27)34-26)32(4,5)6/h8-18H,1-7H3/q+1. The molecule has 170 valence electrons. The zero-order valence-corrected chi connectivity index (χ0v) is 21.2. The molecule has 2 heteroatoms. The van der Waals surface area contributed by atoms with Gasteiger partial charge in [-0.3, -0.25) is 0 Å². The van der Waals surface area contributed by atoms with E-state index in [1.54, 1.807) is 0 Å². The second kappa shape index (κ2) is 7.06. The van der Waals surface area contributed by atoms with Crippen LogP contribution in [0.4, 0.5) is 0 Å². The van der Waals surface area contributed by atoms with Gasteiger partial charge in [0, 0.05) is 17.0 Å². The van der Waals surface area contributed by atoms with Crippen LogP contribution in [0, 0.1) is 6.92 Å². The maximum atomic E-state index is 6.95. The quantitative estimate of drug-likeness (QED) is 0.182. The Morgan fingerprint density at radius 1 is 0.853 bits per heavy atom. The Bertz CT molecular complexity index is 1650. The summed E-state index contributed by atoms with van der Waals surface area (Å²) in [7, 11) is 2.16. The van der Waals surface area contributed by atoms with Crippen LogP contribution in [0.5, 0.6) is 11.5 Å². The first-order valence-electron chi connectivity index (χ1n) is 12.3. The summed E-state index contributed by atoms with van der Waals surface area (Å²) in [5.41, 5.74) is 6.32. The van der Waals surface area contributed by atoms with E-state index in [0.717, 1.165) is 11.5 Å². The smallest absolute Gasteiger partial charge is 0.228 e. The molecule has 0 radical (unpaired) electrons. The van der Waals surface area contributed by atoms with Crippen LogP contribution in [0.2, 0.25) is 0 Å². The minimum atomic E-state index is -0.0665. The Morgan fingerprint density at radius 2 is 1.59 bits per heavy atom. The fourth-order valence-electron chi connectivity index (χ4n) is 5.84. The van der Waals surface area contributed by atoms with Crippen molar-refractivity contribution in [3.8, 4) is 22.8 Å². The summed E-state index contributed by atoms with van der Waals surface area (Å²) in [6, 6.07) is 20.2. The highest BCUT2D eigenvalue weighted by molar-refractivity contribution is 6.16. The molecule has 2 nitrogen and oxygen atoms in total. The summed E-state index contributed by atoms with van der Waals surface area (Å²) in [5.74, 6) is 2.46. The Balaban J connectivity index is 1.82. The maximum Gasteiger partial charge on any atom is 0.228 e. The van der Waals surface area contributed by atoms with Crippen LogP contribution in [0.25, 0.3) is 43.6 Å². The van der Waals surface area contributed by atoms with Gasteiger partial charge in [0.2, 0.25) is 5.69 Å². The highest BCUT2D eigenvalue weighted by atomic mass is 16.5. The average Bonchev–Trinajstić information content (AvgIpc) is 2.79. The lowest BCUT2D eigenvalue weighted by Gasteiger charge is -2.30. The van der Waals surface area contributed by atoms with E-state index in [4.69, 9.17) is 4.74 Å². The van der Waals surface area contributed by atoms with E-state index < -0.39 is 0 Å². The Labute approximate surface area is 201 Å². The molecule has 2 heterocycles. The van der Waals surface area contributed by atoms with Gasteiger partial charge in [-0.25, -0.2) is 4.57 Å². The zero-order chi connectivity index (χ0) is 23.9. The molecule has 6 rings (SSSR count). The van der Waals surface area contributed by atoms with Crippen molar-refractivity contribution in [1.29, 1.82) is 0 Å². The molecule has 0 bridgehead atoms.